The molecule has 22 heavy (non-hydrogen) atoms. The fraction of sp³-hybridized carbons (Fsp3) is 0.438. The molecule has 1 aliphatic carbocycles. The Kier molecular flexibility index (Phi) is 4.90. The lowest BCUT2D eigenvalue weighted by molar-refractivity contribution is 0.126. The molecule has 1 saturated carbocycles. The van der Waals surface area contributed by atoms with Gasteiger partial charge in [-0.25, -0.2) is 9.97 Å². The van der Waals surface area contributed by atoms with Gasteiger partial charge in [-0.05, 0) is 37.8 Å². The van der Waals surface area contributed by atoms with Gasteiger partial charge in [-0.2, -0.15) is 12.6 Å². The van der Waals surface area contributed by atoms with Crippen molar-refractivity contribution in [3.05, 3.63) is 36.4 Å². The highest BCUT2D eigenvalue weighted by Gasteiger charge is 2.21. The molecule has 2 aromatic rings. The third-order valence-electron chi connectivity index (χ3n) is 3.96. The van der Waals surface area contributed by atoms with Gasteiger partial charge < -0.3 is 10.4 Å². The molecule has 2 N–H and O–H groups in total. The molecule has 5 nitrogen and oxygen atoms in total. The van der Waals surface area contributed by atoms with Gasteiger partial charge in [0.2, 0.25) is 0 Å². The highest BCUT2D eigenvalue weighted by atomic mass is 32.1. The van der Waals surface area contributed by atoms with E-state index in [1.165, 1.54) is 0 Å². The SMILES string of the molecule is OC1CCC(Nc2nc(CS)ncc2-c2ccccn2)CC1. The summed E-state index contributed by atoms with van der Waals surface area (Å²) in [6.07, 6.45) is 6.98. The first-order valence-electron chi connectivity index (χ1n) is 7.59. The quantitative estimate of drug-likeness (QED) is 0.757. The summed E-state index contributed by atoms with van der Waals surface area (Å²) in [7, 11) is 0. The van der Waals surface area contributed by atoms with E-state index in [1.807, 2.05) is 18.2 Å². The molecule has 0 aliphatic heterocycles. The summed E-state index contributed by atoms with van der Waals surface area (Å²) in [4.78, 5) is 13.3. The maximum absolute atomic E-state index is 9.63. The van der Waals surface area contributed by atoms with Gasteiger partial charge in [-0.15, -0.1) is 0 Å². The molecule has 0 radical (unpaired) electrons. The van der Waals surface area contributed by atoms with Gasteiger partial charge in [-0.3, -0.25) is 4.98 Å². The third-order valence-corrected chi connectivity index (χ3v) is 4.24. The predicted octanol–water partition coefficient (Wildman–Crippen LogP) is 2.68. The van der Waals surface area contributed by atoms with Gasteiger partial charge >= 0.3 is 0 Å². The number of nitrogens with one attached hydrogen (secondary N) is 1. The lowest BCUT2D eigenvalue weighted by Gasteiger charge is -2.27. The van der Waals surface area contributed by atoms with Crippen LogP contribution in [0.5, 0.6) is 0 Å². The first kappa shape index (κ1) is 15.2. The number of aromatic nitrogens is 3. The van der Waals surface area contributed by atoms with Crippen LogP contribution in [0.1, 0.15) is 31.5 Å². The number of anilines is 1. The fourth-order valence-electron chi connectivity index (χ4n) is 2.73. The van der Waals surface area contributed by atoms with Crippen molar-refractivity contribution in [2.75, 3.05) is 5.32 Å². The van der Waals surface area contributed by atoms with Crippen LogP contribution < -0.4 is 5.32 Å². The van der Waals surface area contributed by atoms with E-state index in [0.717, 1.165) is 42.8 Å². The summed E-state index contributed by atoms with van der Waals surface area (Å²) in [5.41, 5.74) is 1.75. The van der Waals surface area contributed by atoms with Gasteiger partial charge in [0.25, 0.3) is 0 Å². The van der Waals surface area contributed by atoms with Crippen molar-refractivity contribution in [2.24, 2.45) is 0 Å². The number of aliphatic hydroxyl groups excluding tert-OH is 1. The van der Waals surface area contributed by atoms with E-state index in [9.17, 15) is 5.11 Å². The maximum Gasteiger partial charge on any atom is 0.140 e. The second-order valence-electron chi connectivity index (χ2n) is 5.57. The zero-order valence-corrected chi connectivity index (χ0v) is 13.2. The lowest BCUT2D eigenvalue weighted by atomic mass is 9.93. The van der Waals surface area contributed by atoms with E-state index in [-0.39, 0.29) is 6.10 Å². The molecule has 3 rings (SSSR count). The van der Waals surface area contributed by atoms with Gasteiger partial charge in [0.1, 0.15) is 11.6 Å². The number of thiol groups is 1. The van der Waals surface area contributed by atoms with Crippen LogP contribution in [0.2, 0.25) is 0 Å². The molecule has 0 spiro atoms. The van der Waals surface area contributed by atoms with Crippen LogP contribution in [0, 0.1) is 0 Å². The van der Waals surface area contributed by atoms with E-state index >= 15 is 0 Å². The van der Waals surface area contributed by atoms with Crippen molar-refractivity contribution in [2.45, 2.75) is 43.6 Å². The molecular formula is C16H20N4OS. The van der Waals surface area contributed by atoms with Crippen molar-refractivity contribution in [3.63, 3.8) is 0 Å². The highest BCUT2D eigenvalue weighted by Crippen LogP contribution is 2.28. The van der Waals surface area contributed by atoms with E-state index < -0.39 is 0 Å². The summed E-state index contributed by atoms with van der Waals surface area (Å²) >= 11 is 4.26. The minimum atomic E-state index is -0.160. The number of aliphatic hydroxyl groups is 1. The van der Waals surface area contributed by atoms with Crippen LogP contribution in [-0.4, -0.2) is 32.2 Å². The standard InChI is InChI=1S/C16H20N4OS/c21-12-6-4-11(5-7-12)19-16-13(9-18-15(10-22)20-16)14-3-1-2-8-17-14/h1-3,8-9,11-12,21-22H,4-7,10H2,(H,18,19,20). The van der Waals surface area contributed by atoms with E-state index in [2.05, 4.69) is 32.9 Å². The Morgan fingerprint density at radius 1 is 1.18 bits per heavy atom. The molecule has 0 amide bonds. The third kappa shape index (κ3) is 3.56. The molecule has 1 fully saturated rings. The van der Waals surface area contributed by atoms with Gasteiger partial charge in [0.15, 0.2) is 0 Å². The Balaban J connectivity index is 1.87. The Morgan fingerprint density at radius 3 is 2.68 bits per heavy atom. The number of pyridine rings is 1. The zero-order chi connectivity index (χ0) is 15.4. The Labute approximate surface area is 135 Å². The molecule has 1 aliphatic rings. The fourth-order valence-corrected chi connectivity index (χ4v) is 2.88. The predicted molar refractivity (Wildman–Crippen MR) is 89.8 cm³/mol. The number of rotatable bonds is 4. The minimum absolute atomic E-state index is 0.160. The first-order valence-corrected chi connectivity index (χ1v) is 8.22. The maximum atomic E-state index is 9.63. The Morgan fingerprint density at radius 2 is 2.00 bits per heavy atom. The molecule has 0 bridgehead atoms. The van der Waals surface area contributed by atoms with Gasteiger partial charge in [-0.1, -0.05) is 6.07 Å². The average Bonchev–Trinajstić information content (AvgIpc) is 2.57. The van der Waals surface area contributed by atoms with Crippen LogP contribution in [0.15, 0.2) is 30.6 Å². The van der Waals surface area contributed by atoms with E-state index in [1.54, 1.807) is 12.4 Å². The van der Waals surface area contributed by atoms with Crippen molar-refractivity contribution in [1.82, 2.24) is 15.0 Å². The summed E-state index contributed by atoms with van der Waals surface area (Å²) in [6, 6.07) is 6.13. The topological polar surface area (TPSA) is 70.9 Å². The summed E-state index contributed by atoms with van der Waals surface area (Å²) in [5, 5.41) is 13.1. The average molecular weight is 316 g/mol. The first-order chi connectivity index (χ1) is 10.8. The van der Waals surface area contributed by atoms with Crippen LogP contribution in [0.3, 0.4) is 0 Å². The largest absolute Gasteiger partial charge is 0.393 e. The molecule has 116 valence electrons. The van der Waals surface area contributed by atoms with Crippen LogP contribution in [0.25, 0.3) is 11.3 Å². The minimum Gasteiger partial charge on any atom is -0.393 e. The Hall–Kier alpha value is -1.66. The molecule has 6 heteroatoms. The number of nitrogens with zero attached hydrogens (tertiary/aromatic N) is 3. The lowest BCUT2D eigenvalue weighted by Crippen LogP contribution is -2.29. The monoisotopic (exact) mass is 316 g/mol. The molecule has 2 aromatic heterocycles. The van der Waals surface area contributed by atoms with Crippen molar-refractivity contribution in [1.29, 1.82) is 0 Å². The molecule has 0 aromatic carbocycles. The van der Waals surface area contributed by atoms with Crippen LogP contribution in [0.4, 0.5) is 5.82 Å². The molecule has 0 unspecified atom stereocenters. The zero-order valence-electron chi connectivity index (χ0n) is 12.3. The second kappa shape index (κ2) is 7.07. The van der Waals surface area contributed by atoms with Crippen LogP contribution >= 0.6 is 12.6 Å². The summed E-state index contributed by atoms with van der Waals surface area (Å²) < 4.78 is 0. The van der Waals surface area contributed by atoms with Crippen molar-refractivity contribution < 1.29 is 5.11 Å². The number of hydrogen-bond donors (Lipinski definition) is 3. The van der Waals surface area contributed by atoms with Crippen molar-refractivity contribution >= 4 is 18.4 Å². The van der Waals surface area contributed by atoms with Gasteiger partial charge in [0, 0.05) is 18.4 Å². The molecule has 2 heterocycles. The summed E-state index contributed by atoms with van der Waals surface area (Å²) in [5.74, 6) is 2.00. The molecule has 0 atom stereocenters. The van der Waals surface area contributed by atoms with Gasteiger partial charge in [0.05, 0.1) is 23.1 Å². The molecule has 0 saturated heterocycles. The second-order valence-corrected chi connectivity index (χ2v) is 5.89. The van der Waals surface area contributed by atoms with Crippen molar-refractivity contribution in [3.8, 4) is 11.3 Å². The summed E-state index contributed by atoms with van der Waals surface area (Å²) in [6.45, 7) is 0. The Bertz CT molecular complexity index is 615. The highest BCUT2D eigenvalue weighted by molar-refractivity contribution is 7.79. The van der Waals surface area contributed by atoms with Crippen LogP contribution in [-0.2, 0) is 5.75 Å². The normalized spacial score (nSPS) is 21.5. The number of hydrogen-bond acceptors (Lipinski definition) is 6. The molecular weight excluding hydrogens is 296 g/mol. The smallest absolute Gasteiger partial charge is 0.140 e. The van der Waals surface area contributed by atoms with E-state index in [0.29, 0.717) is 17.6 Å². The van der Waals surface area contributed by atoms with E-state index in [4.69, 9.17) is 0 Å².